The highest BCUT2D eigenvalue weighted by molar-refractivity contribution is 8.00. The van der Waals surface area contributed by atoms with Gasteiger partial charge in [0.1, 0.15) is 12.4 Å². The summed E-state index contributed by atoms with van der Waals surface area (Å²) in [6.07, 6.45) is 3.40. The highest BCUT2D eigenvalue weighted by Gasteiger charge is 2.37. The lowest BCUT2D eigenvalue weighted by molar-refractivity contribution is -0.123. The second kappa shape index (κ2) is 12.2. The van der Waals surface area contributed by atoms with Gasteiger partial charge in [-0.1, -0.05) is 77.8 Å². The lowest BCUT2D eigenvalue weighted by atomic mass is 9.99. The maximum Gasteiger partial charge on any atom is 0.240 e. The molecule has 42 heavy (non-hydrogen) atoms. The van der Waals surface area contributed by atoms with Crippen LogP contribution >= 0.6 is 23.4 Å². The Labute approximate surface area is 253 Å². The number of halogens is 1. The van der Waals surface area contributed by atoms with Gasteiger partial charge in [0.2, 0.25) is 11.8 Å². The number of rotatable bonds is 7. The maximum absolute atomic E-state index is 13.9. The van der Waals surface area contributed by atoms with Crippen LogP contribution in [0.25, 0.3) is 16.9 Å². The van der Waals surface area contributed by atoms with Gasteiger partial charge in [-0.2, -0.15) is 5.10 Å². The molecule has 0 saturated heterocycles. The topological polar surface area (TPSA) is 80.1 Å². The first kappa shape index (κ1) is 27.8. The zero-order valence-corrected chi connectivity index (χ0v) is 24.5. The Balaban J connectivity index is 1.52. The third kappa shape index (κ3) is 5.82. The van der Waals surface area contributed by atoms with E-state index < -0.39 is 0 Å². The summed E-state index contributed by atoms with van der Waals surface area (Å²) >= 11 is 7.97. The number of amides is 2. The molecule has 1 N–H and O–H groups in total. The number of hydrogen-bond donors (Lipinski definition) is 1. The highest BCUT2D eigenvalue weighted by Crippen LogP contribution is 2.48. The summed E-state index contributed by atoms with van der Waals surface area (Å²) in [6, 6.07) is 29.3. The molecule has 1 aliphatic rings. The summed E-state index contributed by atoms with van der Waals surface area (Å²) < 4.78 is 1.80. The van der Waals surface area contributed by atoms with E-state index >= 15 is 0 Å². The van der Waals surface area contributed by atoms with Crippen LogP contribution < -0.4 is 10.2 Å². The number of aromatic nitrogens is 3. The summed E-state index contributed by atoms with van der Waals surface area (Å²) in [4.78, 5) is 32.9. The fourth-order valence-electron chi connectivity index (χ4n) is 5.03. The normalized spacial score (nSPS) is 14.8. The van der Waals surface area contributed by atoms with Crippen LogP contribution in [0.1, 0.15) is 27.5 Å². The van der Waals surface area contributed by atoms with Crippen molar-refractivity contribution in [1.82, 2.24) is 20.1 Å². The Morgan fingerprint density at radius 3 is 2.57 bits per heavy atom. The van der Waals surface area contributed by atoms with E-state index in [0.717, 1.165) is 39.2 Å². The second-order valence-electron chi connectivity index (χ2n) is 10.1. The summed E-state index contributed by atoms with van der Waals surface area (Å²) in [7, 11) is 0. The summed E-state index contributed by atoms with van der Waals surface area (Å²) in [5.41, 5.74) is 6.27. The van der Waals surface area contributed by atoms with Crippen molar-refractivity contribution in [3.8, 4) is 16.9 Å². The monoisotopic (exact) mass is 593 g/mol. The number of aryl methyl sites for hydroxylation is 1. The van der Waals surface area contributed by atoms with E-state index in [1.807, 2.05) is 97.9 Å². The predicted molar refractivity (Wildman–Crippen MR) is 168 cm³/mol. The number of nitrogens with zero attached hydrogens (tertiary/aromatic N) is 4. The van der Waals surface area contributed by atoms with Crippen LogP contribution in [0.3, 0.4) is 0 Å². The van der Waals surface area contributed by atoms with E-state index in [1.54, 1.807) is 22.0 Å². The molecule has 7 nitrogen and oxygen atoms in total. The van der Waals surface area contributed by atoms with Crippen LogP contribution in [-0.2, 0) is 16.1 Å². The molecule has 0 radical (unpaired) electrons. The molecule has 6 rings (SSSR count). The molecule has 0 unspecified atom stereocenters. The Morgan fingerprint density at radius 1 is 1.02 bits per heavy atom. The van der Waals surface area contributed by atoms with E-state index in [1.165, 1.54) is 11.8 Å². The van der Waals surface area contributed by atoms with Crippen molar-refractivity contribution >= 4 is 41.0 Å². The number of thioether (sulfide) groups is 1. The minimum absolute atomic E-state index is 0.152. The molecule has 0 spiro atoms. The third-order valence-corrected chi connectivity index (χ3v) is 8.57. The lowest BCUT2D eigenvalue weighted by Gasteiger charge is -2.23. The number of anilines is 1. The Morgan fingerprint density at radius 2 is 1.83 bits per heavy atom. The molecule has 0 saturated carbocycles. The Kier molecular flexibility index (Phi) is 8.08. The largest absolute Gasteiger partial charge is 0.350 e. The zero-order valence-electron chi connectivity index (χ0n) is 22.9. The minimum atomic E-state index is -0.276. The number of benzene rings is 3. The number of pyridine rings is 1. The first-order chi connectivity index (χ1) is 20.5. The quantitative estimate of drug-likeness (QED) is 0.237. The molecule has 0 aliphatic carbocycles. The summed E-state index contributed by atoms with van der Waals surface area (Å²) in [6.45, 7) is 2.19. The number of hydrogen-bond acceptors (Lipinski definition) is 5. The van der Waals surface area contributed by atoms with Gasteiger partial charge in [0.25, 0.3) is 0 Å². The molecule has 3 aromatic carbocycles. The van der Waals surface area contributed by atoms with E-state index in [-0.39, 0.29) is 29.4 Å². The standard InChI is InChI=1S/C33H28ClN5O2S/c1-22-12-14-27(15-13-22)39-33-30(31(37-39)24-8-3-2-4-9-24)32(25-10-5-11-26(34)17-25)42-21-29(41)38(33)20-28(40)36-19-23-7-6-16-35-18-23/h2-18,32H,19-21H2,1H3,(H,36,40)/t32-/m1/s1. The molecule has 2 aromatic heterocycles. The maximum atomic E-state index is 13.9. The van der Waals surface area contributed by atoms with Crippen LogP contribution in [0.15, 0.2) is 103 Å². The summed E-state index contributed by atoms with van der Waals surface area (Å²) in [5, 5.41) is 8.44. The second-order valence-corrected chi connectivity index (χ2v) is 11.6. The minimum Gasteiger partial charge on any atom is -0.350 e. The number of carbonyl (C=O) groups excluding carboxylic acids is 2. The fraction of sp³-hybridized carbons (Fsp3) is 0.152. The van der Waals surface area contributed by atoms with Crippen molar-refractivity contribution < 1.29 is 9.59 Å². The van der Waals surface area contributed by atoms with Gasteiger partial charge in [0, 0.05) is 35.1 Å². The van der Waals surface area contributed by atoms with Crippen molar-refractivity contribution in [3.05, 3.63) is 131 Å². The Bertz CT molecular complexity index is 1730. The van der Waals surface area contributed by atoms with Gasteiger partial charge in [-0.15, -0.1) is 11.8 Å². The van der Waals surface area contributed by atoms with Crippen LogP contribution in [0.4, 0.5) is 5.82 Å². The number of fused-ring (bicyclic) bond motifs is 1. The molecular weight excluding hydrogens is 566 g/mol. The predicted octanol–water partition coefficient (Wildman–Crippen LogP) is 6.38. The smallest absolute Gasteiger partial charge is 0.240 e. The molecule has 3 heterocycles. The van der Waals surface area contributed by atoms with Gasteiger partial charge in [-0.25, -0.2) is 4.68 Å². The SMILES string of the molecule is Cc1ccc(-n2nc(-c3ccccc3)c3c2N(CC(=O)NCc2cccnc2)C(=O)CS[C@@H]3c2cccc(Cl)c2)cc1. The molecule has 0 fully saturated rings. The van der Waals surface area contributed by atoms with Crippen molar-refractivity contribution in [2.24, 2.45) is 0 Å². The molecule has 0 bridgehead atoms. The molecule has 2 amide bonds. The average molecular weight is 594 g/mol. The van der Waals surface area contributed by atoms with Gasteiger partial charge in [-0.3, -0.25) is 19.5 Å². The lowest BCUT2D eigenvalue weighted by Crippen LogP contribution is -2.42. The zero-order chi connectivity index (χ0) is 29.1. The summed E-state index contributed by atoms with van der Waals surface area (Å²) in [5.74, 6) is 0.316. The average Bonchev–Trinajstić information content (AvgIpc) is 3.33. The van der Waals surface area contributed by atoms with Crippen molar-refractivity contribution in [1.29, 1.82) is 0 Å². The van der Waals surface area contributed by atoms with E-state index in [0.29, 0.717) is 17.4 Å². The van der Waals surface area contributed by atoms with Crippen molar-refractivity contribution in [3.63, 3.8) is 0 Å². The number of carbonyl (C=O) groups is 2. The van der Waals surface area contributed by atoms with Crippen LogP contribution in [0, 0.1) is 6.92 Å². The van der Waals surface area contributed by atoms with E-state index in [2.05, 4.69) is 10.3 Å². The molecule has 1 atom stereocenters. The molecular formula is C33H28ClN5O2S. The Hall–Kier alpha value is -4.40. The van der Waals surface area contributed by atoms with Gasteiger partial charge < -0.3 is 5.32 Å². The van der Waals surface area contributed by atoms with Gasteiger partial charge in [0.05, 0.1) is 22.4 Å². The molecule has 210 valence electrons. The van der Waals surface area contributed by atoms with Crippen LogP contribution in [0.5, 0.6) is 0 Å². The van der Waals surface area contributed by atoms with Gasteiger partial charge in [0.15, 0.2) is 0 Å². The van der Waals surface area contributed by atoms with E-state index in [9.17, 15) is 9.59 Å². The third-order valence-electron chi connectivity index (χ3n) is 7.08. The first-order valence-corrected chi connectivity index (χ1v) is 15.0. The number of nitrogens with one attached hydrogen (secondary N) is 1. The molecule has 9 heteroatoms. The highest BCUT2D eigenvalue weighted by atomic mass is 35.5. The van der Waals surface area contributed by atoms with E-state index in [4.69, 9.17) is 16.7 Å². The van der Waals surface area contributed by atoms with Crippen LogP contribution in [-0.4, -0.2) is 38.9 Å². The van der Waals surface area contributed by atoms with Crippen LogP contribution in [0.2, 0.25) is 5.02 Å². The van der Waals surface area contributed by atoms with Crippen molar-refractivity contribution in [2.45, 2.75) is 18.7 Å². The molecule has 5 aromatic rings. The molecule has 1 aliphatic heterocycles. The van der Waals surface area contributed by atoms with Gasteiger partial charge >= 0.3 is 0 Å². The fourth-order valence-corrected chi connectivity index (χ4v) is 6.42. The van der Waals surface area contributed by atoms with Crippen molar-refractivity contribution in [2.75, 3.05) is 17.2 Å². The van der Waals surface area contributed by atoms with Gasteiger partial charge in [-0.05, 0) is 48.4 Å². The first-order valence-electron chi connectivity index (χ1n) is 13.6.